The summed E-state index contributed by atoms with van der Waals surface area (Å²) in [6.45, 7) is 3.01. The van der Waals surface area contributed by atoms with Crippen molar-refractivity contribution in [1.29, 1.82) is 0 Å². The van der Waals surface area contributed by atoms with Gasteiger partial charge in [-0.2, -0.15) is 23.1 Å². The molecule has 0 radical (unpaired) electrons. The Hall–Kier alpha value is -2.56. The van der Waals surface area contributed by atoms with Gasteiger partial charge in [-0.3, -0.25) is 0 Å². The van der Waals surface area contributed by atoms with E-state index in [4.69, 9.17) is 23.2 Å². The topological polar surface area (TPSA) is 47.5 Å². The lowest BCUT2D eigenvalue weighted by Crippen LogP contribution is -2.47. The molecule has 0 spiro atoms. The highest BCUT2D eigenvalue weighted by molar-refractivity contribution is 8.00. The first-order valence-electron chi connectivity index (χ1n) is 10.7. The van der Waals surface area contributed by atoms with Crippen LogP contribution in [0.15, 0.2) is 53.4 Å². The summed E-state index contributed by atoms with van der Waals surface area (Å²) in [5, 5.41) is 3.86. The van der Waals surface area contributed by atoms with Crippen LogP contribution in [0.5, 0.6) is 0 Å². The molecule has 35 heavy (non-hydrogen) atoms. The van der Waals surface area contributed by atoms with Crippen molar-refractivity contribution in [3.63, 3.8) is 0 Å². The van der Waals surface area contributed by atoms with Crippen molar-refractivity contribution in [2.75, 3.05) is 60.3 Å². The van der Waals surface area contributed by atoms with Gasteiger partial charge in [0.05, 0.1) is 5.02 Å². The highest BCUT2D eigenvalue weighted by Crippen LogP contribution is 2.41. The number of alkyl halides is 3. The largest absolute Gasteiger partial charge is 0.446 e. The summed E-state index contributed by atoms with van der Waals surface area (Å²) in [4.78, 5) is 15.5. The lowest BCUT2D eigenvalue weighted by molar-refractivity contribution is -0.0328. The molecule has 1 fully saturated rings. The number of aromatic nitrogens is 2. The molecule has 0 atom stereocenters. The standard InChI is InChI=1S/C23H23Cl2F3N6S/c1-32(2)21-14-20(29-16-6-7-19(18(25)13-16)35-23(26,27)28)30-22(31-21)34-10-8-33(9-11-34)17-5-3-4-15(24)12-17/h3-7,12-14H,8-11H2,1-2H3,(H,29,30,31). The van der Waals surface area contributed by atoms with Gasteiger partial charge in [0.2, 0.25) is 5.95 Å². The number of piperazine rings is 1. The highest BCUT2D eigenvalue weighted by Gasteiger charge is 2.30. The fourth-order valence-electron chi connectivity index (χ4n) is 3.63. The average Bonchev–Trinajstić information content (AvgIpc) is 2.80. The van der Waals surface area contributed by atoms with Gasteiger partial charge >= 0.3 is 5.51 Å². The molecule has 6 nitrogen and oxygen atoms in total. The number of nitrogens with zero attached hydrogens (tertiary/aromatic N) is 5. The summed E-state index contributed by atoms with van der Waals surface area (Å²) < 4.78 is 38.1. The van der Waals surface area contributed by atoms with Crippen LogP contribution in [0.2, 0.25) is 10.0 Å². The van der Waals surface area contributed by atoms with Crippen molar-refractivity contribution < 1.29 is 13.2 Å². The Balaban J connectivity index is 1.51. The van der Waals surface area contributed by atoms with Gasteiger partial charge < -0.3 is 20.0 Å². The molecule has 186 valence electrons. The van der Waals surface area contributed by atoms with Crippen molar-refractivity contribution in [3.8, 4) is 0 Å². The van der Waals surface area contributed by atoms with Crippen LogP contribution in [-0.4, -0.2) is 55.8 Å². The van der Waals surface area contributed by atoms with E-state index in [1.54, 1.807) is 12.1 Å². The maximum absolute atomic E-state index is 12.7. The summed E-state index contributed by atoms with van der Waals surface area (Å²) in [6, 6.07) is 13.9. The first-order chi connectivity index (χ1) is 16.6. The second kappa shape index (κ2) is 10.6. The predicted molar refractivity (Wildman–Crippen MR) is 139 cm³/mol. The highest BCUT2D eigenvalue weighted by atomic mass is 35.5. The zero-order valence-electron chi connectivity index (χ0n) is 19.0. The maximum Gasteiger partial charge on any atom is 0.446 e. The summed E-state index contributed by atoms with van der Waals surface area (Å²) in [5.41, 5.74) is -2.80. The van der Waals surface area contributed by atoms with Crippen LogP contribution in [0.25, 0.3) is 0 Å². The third kappa shape index (κ3) is 6.77. The van der Waals surface area contributed by atoms with Gasteiger partial charge in [-0.1, -0.05) is 29.3 Å². The van der Waals surface area contributed by atoms with E-state index in [-0.39, 0.29) is 21.7 Å². The Labute approximate surface area is 216 Å². The van der Waals surface area contributed by atoms with Crippen LogP contribution in [-0.2, 0) is 0 Å². The van der Waals surface area contributed by atoms with E-state index in [9.17, 15) is 13.2 Å². The fraction of sp³-hybridized carbons (Fsp3) is 0.304. The van der Waals surface area contributed by atoms with E-state index in [1.807, 2.05) is 43.3 Å². The van der Waals surface area contributed by atoms with Crippen LogP contribution >= 0.6 is 35.0 Å². The number of rotatable bonds is 6. The average molecular weight is 543 g/mol. The molecule has 2 heterocycles. The molecule has 1 aliphatic heterocycles. The summed E-state index contributed by atoms with van der Waals surface area (Å²) >= 11 is 12.0. The fourth-order valence-corrected chi connectivity index (χ4v) is 4.65. The number of nitrogens with one attached hydrogen (secondary N) is 1. The molecule has 0 aliphatic carbocycles. The minimum absolute atomic E-state index is 0.0107. The Morgan fingerprint density at radius 3 is 2.29 bits per heavy atom. The van der Waals surface area contributed by atoms with Gasteiger partial charge in [0.15, 0.2) is 0 Å². The quantitative estimate of drug-likeness (QED) is 0.355. The van der Waals surface area contributed by atoms with Gasteiger partial charge in [-0.05, 0) is 48.2 Å². The van der Waals surface area contributed by atoms with Gasteiger partial charge in [0, 0.05) is 67.6 Å². The van der Waals surface area contributed by atoms with E-state index in [2.05, 4.69) is 25.1 Å². The molecular weight excluding hydrogens is 520 g/mol. The Morgan fingerprint density at radius 2 is 1.66 bits per heavy atom. The van der Waals surface area contributed by atoms with E-state index >= 15 is 0 Å². The van der Waals surface area contributed by atoms with Gasteiger partial charge in [-0.15, -0.1) is 0 Å². The van der Waals surface area contributed by atoms with Crippen molar-refractivity contribution in [2.45, 2.75) is 10.4 Å². The number of thioether (sulfide) groups is 1. The molecule has 1 N–H and O–H groups in total. The number of benzene rings is 2. The van der Waals surface area contributed by atoms with E-state index in [0.717, 1.165) is 31.9 Å². The summed E-state index contributed by atoms with van der Waals surface area (Å²) in [6.07, 6.45) is 0. The van der Waals surface area contributed by atoms with Gasteiger partial charge in [0.25, 0.3) is 0 Å². The maximum atomic E-state index is 12.7. The summed E-state index contributed by atoms with van der Waals surface area (Å²) in [5.74, 6) is 1.79. The number of hydrogen-bond acceptors (Lipinski definition) is 7. The number of anilines is 5. The zero-order valence-corrected chi connectivity index (χ0v) is 21.3. The first-order valence-corrected chi connectivity index (χ1v) is 12.3. The number of hydrogen-bond donors (Lipinski definition) is 1. The zero-order chi connectivity index (χ0) is 25.2. The summed E-state index contributed by atoms with van der Waals surface area (Å²) in [7, 11) is 3.76. The van der Waals surface area contributed by atoms with E-state index < -0.39 is 5.51 Å². The van der Waals surface area contributed by atoms with E-state index in [1.165, 1.54) is 12.1 Å². The van der Waals surface area contributed by atoms with E-state index in [0.29, 0.717) is 28.3 Å². The second-order valence-corrected chi connectivity index (χ2v) is 10.0. The lowest BCUT2D eigenvalue weighted by Gasteiger charge is -2.36. The normalized spacial score (nSPS) is 14.3. The molecule has 12 heteroatoms. The molecule has 0 unspecified atom stereocenters. The molecule has 1 aromatic heterocycles. The van der Waals surface area contributed by atoms with Crippen LogP contribution < -0.4 is 20.0 Å². The molecular formula is C23H23Cl2F3N6S. The van der Waals surface area contributed by atoms with Crippen LogP contribution in [0.3, 0.4) is 0 Å². The Morgan fingerprint density at radius 1 is 0.943 bits per heavy atom. The third-order valence-corrected chi connectivity index (χ3v) is 6.79. The molecule has 3 aromatic rings. The molecule has 1 aliphatic rings. The molecule has 2 aromatic carbocycles. The van der Waals surface area contributed by atoms with Crippen molar-refractivity contribution in [1.82, 2.24) is 9.97 Å². The van der Waals surface area contributed by atoms with Crippen molar-refractivity contribution in [3.05, 3.63) is 58.6 Å². The number of halogens is 5. The molecule has 4 rings (SSSR count). The minimum atomic E-state index is -4.41. The molecule has 0 amide bonds. The predicted octanol–water partition coefficient (Wildman–Crippen LogP) is 6.53. The van der Waals surface area contributed by atoms with Gasteiger partial charge in [-0.25, -0.2) is 0 Å². The molecule has 1 saturated heterocycles. The molecule has 0 saturated carbocycles. The monoisotopic (exact) mass is 542 g/mol. The Bertz CT molecular complexity index is 1190. The Kier molecular flexibility index (Phi) is 7.73. The van der Waals surface area contributed by atoms with Crippen molar-refractivity contribution >= 4 is 63.9 Å². The smallest absolute Gasteiger partial charge is 0.368 e. The second-order valence-electron chi connectivity index (χ2n) is 8.08. The SMILES string of the molecule is CN(C)c1cc(Nc2ccc(SC(F)(F)F)c(Cl)c2)nc(N2CCN(c3cccc(Cl)c3)CC2)n1. The van der Waals surface area contributed by atoms with Crippen LogP contribution in [0.1, 0.15) is 0 Å². The van der Waals surface area contributed by atoms with Crippen molar-refractivity contribution in [2.24, 2.45) is 0 Å². The van der Waals surface area contributed by atoms with Crippen LogP contribution in [0.4, 0.5) is 42.1 Å². The minimum Gasteiger partial charge on any atom is -0.368 e. The molecule has 0 bridgehead atoms. The first kappa shape index (κ1) is 25.5. The third-order valence-electron chi connectivity index (χ3n) is 5.32. The van der Waals surface area contributed by atoms with Crippen LogP contribution in [0, 0.1) is 0 Å². The van der Waals surface area contributed by atoms with Gasteiger partial charge in [0.1, 0.15) is 11.6 Å². The lowest BCUT2D eigenvalue weighted by atomic mass is 10.2.